The molecule has 2 aliphatic heterocycles. The van der Waals surface area contributed by atoms with E-state index in [1.165, 1.54) is 17.5 Å². The average molecular weight is 307 g/mol. The van der Waals surface area contributed by atoms with Gasteiger partial charge in [-0.25, -0.2) is 0 Å². The number of fused-ring (bicyclic) bond motifs is 2. The molecule has 1 unspecified atom stereocenters. The maximum Gasteiger partial charge on any atom is 0.0882 e. The number of piperidine rings is 1. The van der Waals surface area contributed by atoms with E-state index >= 15 is 0 Å². The Morgan fingerprint density at radius 3 is 2.26 bits per heavy atom. The molecule has 2 fully saturated rings. The van der Waals surface area contributed by atoms with E-state index in [0.717, 1.165) is 6.42 Å². The number of aryl methyl sites for hydroxylation is 1. The summed E-state index contributed by atoms with van der Waals surface area (Å²) < 4.78 is 0. The average Bonchev–Trinajstić information content (AvgIpc) is 3.09. The molecule has 2 aliphatic rings. The Balaban J connectivity index is 1.48. The Kier molecular flexibility index (Phi) is 3.96. The zero-order valence-electron chi connectivity index (χ0n) is 13.9. The van der Waals surface area contributed by atoms with Crippen LogP contribution in [0, 0.1) is 11.8 Å². The monoisotopic (exact) mass is 307 g/mol. The Hall–Kier alpha value is -1.64. The van der Waals surface area contributed by atoms with Crippen molar-refractivity contribution < 1.29 is 4.84 Å². The zero-order chi connectivity index (χ0) is 15.8. The third-order valence-electron chi connectivity index (χ3n) is 5.73. The van der Waals surface area contributed by atoms with Crippen LogP contribution < -0.4 is 0 Å². The normalized spacial score (nSPS) is 35.6. The highest BCUT2D eigenvalue weighted by atomic mass is 16.7. The highest BCUT2D eigenvalue weighted by Crippen LogP contribution is 2.51. The zero-order valence-corrected chi connectivity index (χ0v) is 13.9. The molecule has 0 aromatic heterocycles. The van der Waals surface area contributed by atoms with E-state index in [1.807, 2.05) is 0 Å². The van der Waals surface area contributed by atoms with Crippen LogP contribution in [0.25, 0.3) is 0 Å². The molecule has 2 saturated heterocycles. The van der Waals surface area contributed by atoms with Gasteiger partial charge in [-0.2, -0.15) is 5.06 Å². The third kappa shape index (κ3) is 2.60. The van der Waals surface area contributed by atoms with Gasteiger partial charge in [0.1, 0.15) is 0 Å². The number of nitrogens with zero attached hydrogens (tertiary/aromatic N) is 1. The predicted octanol–water partition coefficient (Wildman–Crippen LogP) is 4.63. The molecule has 23 heavy (non-hydrogen) atoms. The van der Waals surface area contributed by atoms with E-state index in [1.54, 1.807) is 0 Å². The van der Waals surface area contributed by atoms with E-state index < -0.39 is 0 Å². The second kappa shape index (κ2) is 6.10. The quantitative estimate of drug-likeness (QED) is 0.816. The van der Waals surface area contributed by atoms with Crippen LogP contribution in [-0.4, -0.2) is 17.2 Å². The lowest BCUT2D eigenvalue weighted by Crippen LogP contribution is -2.41. The van der Waals surface area contributed by atoms with Crippen molar-refractivity contribution in [1.29, 1.82) is 0 Å². The van der Waals surface area contributed by atoms with Gasteiger partial charge in [0.25, 0.3) is 0 Å². The van der Waals surface area contributed by atoms with Crippen LogP contribution in [0.4, 0.5) is 0 Å². The fraction of sp³-hybridized carbons (Fsp3) is 0.429. The number of hydrogen-bond donors (Lipinski definition) is 0. The third-order valence-corrected chi connectivity index (χ3v) is 5.73. The Morgan fingerprint density at radius 1 is 0.913 bits per heavy atom. The number of hydroxylamine groups is 2. The van der Waals surface area contributed by atoms with Crippen LogP contribution in [0.2, 0.25) is 0 Å². The first-order valence-corrected chi connectivity index (χ1v) is 8.79. The van der Waals surface area contributed by atoms with Crippen molar-refractivity contribution in [3.63, 3.8) is 0 Å². The van der Waals surface area contributed by atoms with E-state index in [2.05, 4.69) is 79.6 Å². The van der Waals surface area contributed by atoms with Crippen molar-refractivity contribution in [2.45, 2.75) is 44.9 Å². The molecular weight excluding hydrogens is 282 g/mol. The second-order valence-corrected chi connectivity index (χ2v) is 7.07. The number of benzene rings is 2. The molecule has 120 valence electrons. The predicted molar refractivity (Wildman–Crippen MR) is 92.8 cm³/mol. The van der Waals surface area contributed by atoms with Crippen LogP contribution in [0.5, 0.6) is 0 Å². The molecule has 2 heteroatoms. The van der Waals surface area contributed by atoms with Gasteiger partial charge in [-0.05, 0) is 30.9 Å². The number of hydrogen-bond acceptors (Lipinski definition) is 2. The minimum absolute atomic E-state index is 0.360. The lowest BCUT2D eigenvalue weighted by Gasteiger charge is -2.36. The fourth-order valence-corrected chi connectivity index (χ4v) is 4.48. The van der Waals surface area contributed by atoms with Crippen molar-refractivity contribution in [3.8, 4) is 0 Å². The molecule has 2 heterocycles. The first-order chi connectivity index (χ1) is 11.3. The fourth-order valence-electron chi connectivity index (χ4n) is 4.48. The molecule has 0 spiro atoms. The standard InChI is InChI=1S/C21H25NO/c1-15-20(18-11-7-4-8-12-18)22-16(2)19(21(15)23-22)14-13-17-9-5-3-6-10-17/h3-12,15-16,19-21H,13-14H2,1-2H3/t15-,16+,19+,20-,21-/m0/s1. The Morgan fingerprint density at radius 2 is 1.57 bits per heavy atom. The van der Waals surface area contributed by atoms with Crippen molar-refractivity contribution in [1.82, 2.24) is 5.06 Å². The Bertz CT molecular complexity index is 641. The summed E-state index contributed by atoms with van der Waals surface area (Å²) >= 11 is 0. The molecule has 0 amide bonds. The summed E-state index contributed by atoms with van der Waals surface area (Å²) in [6.07, 6.45) is 2.71. The first kappa shape index (κ1) is 14.9. The molecular formula is C21H25NO. The highest BCUT2D eigenvalue weighted by Gasteiger charge is 2.55. The smallest absolute Gasteiger partial charge is 0.0882 e. The SMILES string of the molecule is C[C@@H]1[C@@H]2ON([C@H](C)[C@H]2CCc2ccccc2)[C@@H]1c1ccccc1. The molecule has 6 atom stereocenters. The lowest BCUT2D eigenvalue weighted by molar-refractivity contribution is -0.131. The summed E-state index contributed by atoms with van der Waals surface area (Å²) in [5.41, 5.74) is 2.82. The maximum atomic E-state index is 6.30. The van der Waals surface area contributed by atoms with Gasteiger partial charge in [0.05, 0.1) is 12.1 Å². The summed E-state index contributed by atoms with van der Waals surface area (Å²) in [6, 6.07) is 22.5. The van der Waals surface area contributed by atoms with Gasteiger partial charge in [-0.1, -0.05) is 67.6 Å². The summed E-state index contributed by atoms with van der Waals surface area (Å²) in [5, 5.41) is 2.28. The van der Waals surface area contributed by atoms with E-state index in [9.17, 15) is 0 Å². The van der Waals surface area contributed by atoms with Gasteiger partial charge >= 0.3 is 0 Å². The summed E-state index contributed by atoms with van der Waals surface area (Å²) in [7, 11) is 0. The van der Waals surface area contributed by atoms with Gasteiger partial charge in [0, 0.05) is 17.9 Å². The molecule has 2 aromatic rings. The molecule has 0 aliphatic carbocycles. The molecule has 2 bridgehead atoms. The van der Waals surface area contributed by atoms with E-state index in [4.69, 9.17) is 4.84 Å². The molecule has 2 nitrogen and oxygen atoms in total. The summed E-state index contributed by atoms with van der Waals surface area (Å²) in [6.45, 7) is 4.68. The molecule has 4 rings (SSSR count). The summed E-state index contributed by atoms with van der Waals surface area (Å²) in [5.74, 6) is 1.18. The van der Waals surface area contributed by atoms with Crippen LogP contribution in [-0.2, 0) is 11.3 Å². The van der Waals surface area contributed by atoms with Crippen molar-refractivity contribution in [2.75, 3.05) is 0 Å². The summed E-state index contributed by atoms with van der Waals surface area (Å²) in [4.78, 5) is 6.30. The van der Waals surface area contributed by atoms with Gasteiger partial charge in [-0.15, -0.1) is 0 Å². The van der Waals surface area contributed by atoms with Crippen LogP contribution >= 0.6 is 0 Å². The topological polar surface area (TPSA) is 12.5 Å². The second-order valence-electron chi connectivity index (χ2n) is 7.07. The van der Waals surface area contributed by atoms with Crippen molar-refractivity contribution in [2.24, 2.45) is 11.8 Å². The van der Waals surface area contributed by atoms with Crippen LogP contribution in [0.3, 0.4) is 0 Å². The van der Waals surface area contributed by atoms with Crippen LogP contribution in [0.1, 0.15) is 37.4 Å². The molecule has 0 radical (unpaired) electrons. The Labute approximate surface area is 139 Å². The van der Waals surface area contributed by atoms with Crippen molar-refractivity contribution >= 4 is 0 Å². The van der Waals surface area contributed by atoms with E-state index in [0.29, 0.717) is 30.0 Å². The van der Waals surface area contributed by atoms with Crippen molar-refractivity contribution in [3.05, 3.63) is 71.8 Å². The van der Waals surface area contributed by atoms with Gasteiger partial charge in [-0.3, -0.25) is 4.84 Å². The molecule has 0 N–H and O–H groups in total. The lowest BCUT2D eigenvalue weighted by atomic mass is 9.76. The minimum atomic E-state index is 0.360. The van der Waals surface area contributed by atoms with Gasteiger partial charge < -0.3 is 0 Å². The number of rotatable bonds is 4. The maximum absolute atomic E-state index is 6.30. The molecule has 0 saturated carbocycles. The highest BCUT2D eigenvalue weighted by molar-refractivity contribution is 5.23. The van der Waals surface area contributed by atoms with Gasteiger partial charge in [0.2, 0.25) is 0 Å². The van der Waals surface area contributed by atoms with Gasteiger partial charge in [0.15, 0.2) is 0 Å². The minimum Gasteiger partial charge on any atom is -0.294 e. The van der Waals surface area contributed by atoms with Crippen LogP contribution in [0.15, 0.2) is 60.7 Å². The molecule has 2 aromatic carbocycles. The van der Waals surface area contributed by atoms with E-state index in [-0.39, 0.29) is 0 Å². The largest absolute Gasteiger partial charge is 0.294 e. The first-order valence-electron chi connectivity index (χ1n) is 8.79.